The Kier molecular flexibility index (Phi) is 4.49. The van der Waals surface area contributed by atoms with Gasteiger partial charge in [0.1, 0.15) is 10.8 Å². The maximum Gasteiger partial charge on any atom is 0.168 e. The Hall–Kier alpha value is -0.770. The minimum atomic E-state index is -0.0132. The first kappa shape index (κ1) is 13.7. The maximum absolute atomic E-state index is 12.3. The zero-order valence-corrected chi connectivity index (χ0v) is 11.6. The van der Waals surface area contributed by atoms with E-state index in [9.17, 15) is 4.79 Å². The van der Waals surface area contributed by atoms with E-state index >= 15 is 0 Å². The molecule has 0 aliphatic carbocycles. The molecule has 1 unspecified atom stereocenters. The highest BCUT2D eigenvalue weighted by atomic mass is 35.5. The quantitative estimate of drug-likeness (QED) is 0.868. The van der Waals surface area contributed by atoms with Crippen LogP contribution in [0.3, 0.4) is 0 Å². The molecule has 0 radical (unpaired) electrons. The Bertz CT molecular complexity index is 457. The molecule has 0 aromatic heterocycles. The van der Waals surface area contributed by atoms with Crippen LogP contribution in [0.4, 0.5) is 0 Å². The SMILES string of the molecule is COc1ccc(C(=O)C2CCCNC2)c(Cl)c1Cl. The molecule has 0 amide bonds. The fourth-order valence-corrected chi connectivity index (χ4v) is 2.67. The van der Waals surface area contributed by atoms with Crippen molar-refractivity contribution in [2.75, 3.05) is 20.2 Å². The third-order valence-electron chi connectivity index (χ3n) is 3.20. The summed E-state index contributed by atoms with van der Waals surface area (Å²) in [6, 6.07) is 3.36. The Balaban J connectivity index is 2.27. The number of rotatable bonds is 3. The molecule has 1 aliphatic rings. The zero-order chi connectivity index (χ0) is 13.1. The number of Topliss-reactive ketones (excluding diaryl/α,β-unsaturated/α-hetero) is 1. The Labute approximate surface area is 116 Å². The summed E-state index contributed by atoms with van der Waals surface area (Å²) in [5.74, 6) is 0.525. The second kappa shape index (κ2) is 5.91. The number of hydrogen-bond acceptors (Lipinski definition) is 3. The molecule has 1 N–H and O–H groups in total. The van der Waals surface area contributed by atoms with Gasteiger partial charge in [0.05, 0.1) is 12.1 Å². The summed E-state index contributed by atoms with van der Waals surface area (Å²) in [6.45, 7) is 1.68. The van der Waals surface area contributed by atoms with Gasteiger partial charge in [-0.05, 0) is 31.5 Å². The van der Waals surface area contributed by atoms with Crippen molar-refractivity contribution in [2.24, 2.45) is 5.92 Å². The van der Waals surface area contributed by atoms with Crippen molar-refractivity contribution in [1.82, 2.24) is 5.32 Å². The molecule has 18 heavy (non-hydrogen) atoms. The predicted molar refractivity (Wildman–Crippen MR) is 72.9 cm³/mol. The van der Waals surface area contributed by atoms with Crippen LogP contribution in [0.1, 0.15) is 23.2 Å². The zero-order valence-electron chi connectivity index (χ0n) is 10.1. The summed E-state index contributed by atoms with van der Waals surface area (Å²) in [6.07, 6.45) is 1.91. The van der Waals surface area contributed by atoms with Crippen molar-refractivity contribution in [3.63, 3.8) is 0 Å². The van der Waals surface area contributed by atoms with E-state index in [1.54, 1.807) is 12.1 Å². The van der Waals surface area contributed by atoms with Gasteiger partial charge < -0.3 is 10.1 Å². The molecule has 2 rings (SSSR count). The number of ether oxygens (including phenoxy) is 1. The molecular formula is C13H15Cl2NO2. The first-order valence-corrected chi connectivity index (χ1v) is 6.67. The van der Waals surface area contributed by atoms with Crippen molar-refractivity contribution in [3.8, 4) is 5.75 Å². The second-order valence-electron chi connectivity index (χ2n) is 4.35. The number of carbonyl (C=O) groups excluding carboxylic acids is 1. The Morgan fingerprint density at radius 3 is 2.78 bits per heavy atom. The van der Waals surface area contributed by atoms with Gasteiger partial charge in [-0.2, -0.15) is 0 Å². The van der Waals surface area contributed by atoms with Crippen LogP contribution < -0.4 is 10.1 Å². The smallest absolute Gasteiger partial charge is 0.168 e. The summed E-state index contributed by atoms with van der Waals surface area (Å²) in [4.78, 5) is 12.3. The molecule has 0 spiro atoms. The van der Waals surface area contributed by atoms with Gasteiger partial charge in [0.15, 0.2) is 5.78 Å². The Morgan fingerprint density at radius 1 is 1.39 bits per heavy atom. The number of nitrogens with one attached hydrogen (secondary N) is 1. The maximum atomic E-state index is 12.3. The summed E-state index contributed by atoms with van der Waals surface area (Å²) in [7, 11) is 1.52. The van der Waals surface area contributed by atoms with Gasteiger partial charge in [0.25, 0.3) is 0 Å². The number of halogens is 2. The highest BCUT2D eigenvalue weighted by Crippen LogP contribution is 2.35. The van der Waals surface area contributed by atoms with Gasteiger partial charge in [0.2, 0.25) is 0 Å². The lowest BCUT2D eigenvalue weighted by atomic mass is 9.91. The van der Waals surface area contributed by atoms with E-state index in [1.807, 2.05) is 0 Å². The van der Waals surface area contributed by atoms with Crippen molar-refractivity contribution < 1.29 is 9.53 Å². The number of carbonyl (C=O) groups is 1. The van der Waals surface area contributed by atoms with Crippen LogP contribution in [0, 0.1) is 5.92 Å². The second-order valence-corrected chi connectivity index (χ2v) is 5.11. The summed E-state index contributed by atoms with van der Waals surface area (Å²) >= 11 is 12.2. The third kappa shape index (κ3) is 2.63. The van der Waals surface area contributed by atoms with Crippen molar-refractivity contribution >= 4 is 29.0 Å². The lowest BCUT2D eigenvalue weighted by Crippen LogP contribution is -2.34. The number of methoxy groups -OCH3 is 1. The largest absolute Gasteiger partial charge is 0.495 e. The molecule has 1 aliphatic heterocycles. The average molecular weight is 288 g/mol. The first-order chi connectivity index (χ1) is 8.65. The van der Waals surface area contributed by atoms with E-state index in [0.717, 1.165) is 19.4 Å². The molecule has 1 saturated heterocycles. The average Bonchev–Trinajstić information content (AvgIpc) is 2.42. The van der Waals surface area contributed by atoms with Crippen molar-refractivity contribution in [1.29, 1.82) is 0 Å². The Morgan fingerprint density at radius 2 is 2.17 bits per heavy atom. The standard InChI is InChI=1S/C13H15Cl2NO2/c1-18-10-5-4-9(11(14)12(10)15)13(17)8-3-2-6-16-7-8/h4-5,8,16H,2-3,6-7H2,1H3. The van der Waals surface area contributed by atoms with E-state index in [0.29, 0.717) is 22.9 Å². The van der Waals surface area contributed by atoms with Crippen LogP contribution in [-0.2, 0) is 0 Å². The van der Waals surface area contributed by atoms with E-state index in [1.165, 1.54) is 7.11 Å². The van der Waals surface area contributed by atoms with E-state index < -0.39 is 0 Å². The molecule has 0 saturated carbocycles. The van der Waals surface area contributed by atoms with Crippen LogP contribution in [-0.4, -0.2) is 26.0 Å². The highest BCUT2D eigenvalue weighted by Gasteiger charge is 2.25. The lowest BCUT2D eigenvalue weighted by molar-refractivity contribution is 0.0900. The summed E-state index contributed by atoms with van der Waals surface area (Å²) < 4.78 is 5.07. The molecule has 98 valence electrons. The number of ketones is 1. The highest BCUT2D eigenvalue weighted by molar-refractivity contribution is 6.44. The van der Waals surface area contributed by atoms with Crippen LogP contribution in [0.15, 0.2) is 12.1 Å². The lowest BCUT2D eigenvalue weighted by Gasteiger charge is -2.22. The van der Waals surface area contributed by atoms with Gasteiger partial charge in [-0.3, -0.25) is 4.79 Å². The molecule has 5 heteroatoms. The molecule has 1 aromatic rings. The first-order valence-electron chi connectivity index (χ1n) is 5.92. The number of piperidine rings is 1. The van der Waals surface area contributed by atoms with Crippen LogP contribution >= 0.6 is 23.2 Å². The molecular weight excluding hydrogens is 273 g/mol. The van der Waals surface area contributed by atoms with E-state index in [-0.39, 0.29) is 16.7 Å². The molecule has 1 aromatic carbocycles. The minimum absolute atomic E-state index is 0.0132. The van der Waals surface area contributed by atoms with Crippen LogP contribution in [0.2, 0.25) is 10.0 Å². The number of benzene rings is 1. The molecule has 3 nitrogen and oxygen atoms in total. The van der Waals surface area contributed by atoms with E-state index in [4.69, 9.17) is 27.9 Å². The third-order valence-corrected chi connectivity index (χ3v) is 4.06. The van der Waals surface area contributed by atoms with Crippen molar-refractivity contribution in [2.45, 2.75) is 12.8 Å². The normalized spacial score (nSPS) is 19.6. The van der Waals surface area contributed by atoms with Crippen molar-refractivity contribution in [3.05, 3.63) is 27.7 Å². The minimum Gasteiger partial charge on any atom is -0.495 e. The monoisotopic (exact) mass is 287 g/mol. The topological polar surface area (TPSA) is 38.3 Å². The van der Waals surface area contributed by atoms with Crippen LogP contribution in [0.5, 0.6) is 5.75 Å². The molecule has 1 heterocycles. The van der Waals surface area contributed by atoms with Gasteiger partial charge in [0, 0.05) is 18.0 Å². The van der Waals surface area contributed by atoms with Gasteiger partial charge in [-0.25, -0.2) is 0 Å². The predicted octanol–water partition coefficient (Wildman–Crippen LogP) is 3.18. The van der Waals surface area contributed by atoms with Gasteiger partial charge in [-0.1, -0.05) is 23.2 Å². The molecule has 1 atom stereocenters. The summed E-state index contributed by atoms with van der Waals surface area (Å²) in [5.41, 5.74) is 0.483. The fourth-order valence-electron chi connectivity index (χ4n) is 2.18. The van der Waals surface area contributed by atoms with E-state index in [2.05, 4.69) is 5.32 Å². The van der Waals surface area contributed by atoms with Gasteiger partial charge >= 0.3 is 0 Å². The fraction of sp³-hybridized carbons (Fsp3) is 0.462. The van der Waals surface area contributed by atoms with Gasteiger partial charge in [-0.15, -0.1) is 0 Å². The number of hydrogen-bond donors (Lipinski definition) is 1. The van der Waals surface area contributed by atoms with Crippen LogP contribution in [0.25, 0.3) is 0 Å². The molecule has 0 bridgehead atoms. The summed E-state index contributed by atoms with van der Waals surface area (Å²) in [5, 5.41) is 3.80. The molecule has 1 fully saturated rings.